The normalized spacial score (nSPS) is 14.9. The van der Waals surface area contributed by atoms with Crippen LogP contribution in [-0.2, 0) is 19.9 Å². The number of rotatable bonds is 4. The van der Waals surface area contributed by atoms with Crippen LogP contribution in [0.5, 0.6) is 5.75 Å². The Morgan fingerprint density at radius 3 is 2.95 bits per heavy atom. The van der Waals surface area contributed by atoms with Gasteiger partial charge in [-0.1, -0.05) is 23.7 Å². The topological polar surface area (TPSA) is 39.1 Å². The van der Waals surface area contributed by atoms with E-state index in [4.69, 9.17) is 16.3 Å². The molecule has 3 rings (SSSR count). The fourth-order valence-electron chi connectivity index (χ4n) is 2.91. The van der Waals surface area contributed by atoms with E-state index in [9.17, 15) is 0 Å². The van der Waals surface area contributed by atoms with Gasteiger partial charge in [0.05, 0.1) is 23.0 Å². The van der Waals surface area contributed by atoms with Gasteiger partial charge in [-0.05, 0) is 31.2 Å². The Bertz CT molecular complexity index is 666. The molecule has 0 spiro atoms. The molecule has 21 heavy (non-hydrogen) atoms. The zero-order valence-corrected chi connectivity index (χ0v) is 13.4. The van der Waals surface area contributed by atoms with Gasteiger partial charge in [-0.3, -0.25) is 4.68 Å². The van der Waals surface area contributed by atoms with Crippen LogP contribution in [0.25, 0.3) is 0 Å². The van der Waals surface area contributed by atoms with Crippen LogP contribution in [-0.4, -0.2) is 23.4 Å². The summed E-state index contributed by atoms with van der Waals surface area (Å²) in [4.78, 5) is 0. The Morgan fingerprint density at radius 2 is 2.29 bits per heavy atom. The first-order valence-electron chi connectivity index (χ1n) is 7.21. The van der Waals surface area contributed by atoms with E-state index in [0.717, 1.165) is 41.6 Å². The molecule has 0 radical (unpaired) electrons. The maximum absolute atomic E-state index is 6.37. The second kappa shape index (κ2) is 5.70. The molecule has 2 heterocycles. The molecule has 1 aromatic heterocycles. The van der Waals surface area contributed by atoms with E-state index in [-0.39, 0.29) is 6.04 Å². The zero-order valence-electron chi connectivity index (χ0n) is 12.6. The zero-order chi connectivity index (χ0) is 15.0. The standard InChI is InChI=1S/C16H20ClN3O/c1-10-16(17)14(20(3)19-10)9-13(18-2)11-4-5-15-12(8-11)6-7-21-15/h4-5,8,13,18H,6-7,9H2,1-3H3. The van der Waals surface area contributed by atoms with Crippen molar-refractivity contribution in [1.29, 1.82) is 0 Å². The van der Waals surface area contributed by atoms with Crippen LogP contribution in [0.3, 0.4) is 0 Å². The van der Waals surface area contributed by atoms with Crippen LogP contribution in [0, 0.1) is 6.92 Å². The lowest BCUT2D eigenvalue weighted by Gasteiger charge is -2.18. The average molecular weight is 306 g/mol. The number of halogens is 1. The molecule has 2 aromatic rings. The highest BCUT2D eigenvalue weighted by Crippen LogP contribution is 2.30. The number of aryl methyl sites for hydroxylation is 2. The Labute approximate surface area is 130 Å². The first-order valence-corrected chi connectivity index (χ1v) is 7.58. The van der Waals surface area contributed by atoms with Gasteiger partial charge < -0.3 is 10.1 Å². The Balaban J connectivity index is 1.88. The summed E-state index contributed by atoms with van der Waals surface area (Å²) in [6.07, 6.45) is 1.80. The second-order valence-electron chi connectivity index (χ2n) is 5.48. The van der Waals surface area contributed by atoms with Gasteiger partial charge in [0.1, 0.15) is 5.75 Å². The number of hydrogen-bond donors (Lipinski definition) is 1. The number of benzene rings is 1. The van der Waals surface area contributed by atoms with E-state index in [1.165, 1.54) is 11.1 Å². The summed E-state index contributed by atoms with van der Waals surface area (Å²) in [5, 5.41) is 8.53. The van der Waals surface area contributed by atoms with Crippen molar-refractivity contribution in [1.82, 2.24) is 15.1 Å². The molecule has 0 aliphatic carbocycles. The van der Waals surface area contributed by atoms with Crippen molar-refractivity contribution in [3.05, 3.63) is 45.7 Å². The van der Waals surface area contributed by atoms with Crippen LogP contribution in [0.15, 0.2) is 18.2 Å². The van der Waals surface area contributed by atoms with Crippen LogP contribution in [0.4, 0.5) is 0 Å². The lowest BCUT2D eigenvalue weighted by Crippen LogP contribution is -2.20. The lowest BCUT2D eigenvalue weighted by molar-refractivity contribution is 0.356. The molecule has 0 bridgehead atoms. The number of aromatic nitrogens is 2. The average Bonchev–Trinajstić information content (AvgIpc) is 3.03. The van der Waals surface area contributed by atoms with Gasteiger partial charge in [0.15, 0.2) is 0 Å². The number of nitrogens with one attached hydrogen (secondary N) is 1. The molecular weight excluding hydrogens is 286 g/mol. The first-order chi connectivity index (χ1) is 10.1. The van der Waals surface area contributed by atoms with E-state index < -0.39 is 0 Å². The minimum Gasteiger partial charge on any atom is -0.493 e. The Kier molecular flexibility index (Phi) is 3.91. The highest BCUT2D eigenvalue weighted by Gasteiger charge is 2.20. The molecule has 1 aliphatic heterocycles. The summed E-state index contributed by atoms with van der Waals surface area (Å²) in [5.41, 5.74) is 4.49. The number of ether oxygens (including phenoxy) is 1. The van der Waals surface area contributed by atoms with Gasteiger partial charge in [0, 0.05) is 25.9 Å². The molecule has 0 amide bonds. The Hall–Kier alpha value is -1.52. The fraction of sp³-hybridized carbons (Fsp3) is 0.438. The summed E-state index contributed by atoms with van der Waals surface area (Å²) >= 11 is 6.37. The maximum atomic E-state index is 6.37. The van der Waals surface area contributed by atoms with Gasteiger partial charge in [-0.2, -0.15) is 5.10 Å². The summed E-state index contributed by atoms with van der Waals surface area (Å²) in [6, 6.07) is 6.64. The summed E-state index contributed by atoms with van der Waals surface area (Å²) in [6.45, 7) is 2.72. The van der Waals surface area contributed by atoms with Crippen molar-refractivity contribution in [2.45, 2.75) is 25.8 Å². The van der Waals surface area contributed by atoms with Crippen molar-refractivity contribution in [3.8, 4) is 5.75 Å². The third-order valence-corrected chi connectivity index (χ3v) is 4.62. The van der Waals surface area contributed by atoms with Crippen molar-refractivity contribution in [3.63, 3.8) is 0 Å². The molecule has 112 valence electrons. The van der Waals surface area contributed by atoms with E-state index >= 15 is 0 Å². The van der Waals surface area contributed by atoms with Crippen molar-refractivity contribution >= 4 is 11.6 Å². The minimum atomic E-state index is 0.211. The largest absolute Gasteiger partial charge is 0.493 e. The molecule has 0 saturated heterocycles. The second-order valence-corrected chi connectivity index (χ2v) is 5.86. The highest BCUT2D eigenvalue weighted by molar-refractivity contribution is 6.31. The lowest BCUT2D eigenvalue weighted by atomic mass is 9.99. The fourth-order valence-corrected chi connectivity index (χ4v) is 3.14. The summed E-state index contributed by atoms with van der Waals surface area (Å²) in [5.74, 6) is 1.02. The Morgan fingerprint density at radius 1 is 1.48 bits per heavy atom. The van der Waals surface area contributed by atoms with Crippen molar-refractivity contribution in [2.75, 3.05) is 13.7 Å². The van der Waals surface area contributed by atoms with Crippen LogP contribution in [0.2, 0.25) is 5.02 Å². The number of likely N-dealkylation sites (N-methyl/N-ethyl adjacent to an activating group) is 1. The van der Waals surface area contributed by atoms with E-state index in [2.05, 4.69) is 28.6 Å². The van der Waals surface area contributed by atoms with E-state index in [1.54, 1.807) is 0 Å². The molecule has 4 nitrogen and oxygen atoms in total. The molecule has 1 aliphatic rings. The third kappa shape index (κ3) is 2.65. The molecule has 0 saturated carbocycles. The van der Waals surface area contributed by atoms with Crippen LogP contribution >= 0.6 is 11.6 Å². The summed E-state index contributed by atoms with van der Waals surface area (Å²) in [7, 11) is 3.92. The van der Waals surface area contributed by atoms with Gasteiger partial charge in [-0.15, -0.1) is 0 Å². The number of fused-ring (bicyclic) bond motifs is 1. The SMILES string of the molecule is CNC(Cc1c(Cl)c(C)nn1C)c1ccc2c(c1)CCO2. The van der Waals surface area contributed by atoms with Crippen LogP contribution in [0.1, 0.15) is 28.6 Å². The molecule has 5 heteroatoms. The van der Waals surface area contributed by atoms with Gasteiger partial charge >= 0.3 is 0 Å². The van der Waals surface area contributed by atoms with Gasteiger partial charge in [0.25, 0.3) is 0 Å². The third-order valence-electron chi connectivity index (χ3n) is 4.12. The van der Waals surface area contributed by atoms with Gasteiger partial charge in [-0.25, -0.2) is 0 Å². The quantitative estimate of drug-likeness (QED) is 0.944. The van der Waals surface area contributed by atoms with E-state index in [1.807, 2.05) is 25.7 Å². The van der Waals surface area contributed by atoms with Crippen molar-refractivity contribution < 1.29 is 4.74 Å². The smallest absolute Gasteiger partial charge is 0.122 e. The summed E-state index contributed by atoms with van der Waals surface area (Å²) < 4.78 is 7.44. The highest BCUT2D eigenvalue weighted by atomic mass is 35.5. The minimum absolute atomic E-state index is 0.211. The van der Waals surface area contributed by atoms with Crippen LogP contribution < -0.4 is 10.1 Å². The monoisotopic (exact) mass is 305 g/mol. The maximum Gasteiger partial charge on any atom is 0.122 e. The number of nitrogens with zero attached hydrogens (tertiary/aromatic N) is 2. The molecule has 0 fully saturated rings. The predicted molar refractivity (Wildman–Crippen MR) is 84.1 cm³/mol. The molecular formula is C16H20ClN3O. The first kappa shape index (κ1) is 14.4. The molecule has 1 aromatic carbocycles. The van der Waals surface area contributed by atoms with E-state index in [0.29, 0.717) is 0 Å². The molecule has 1 unspecified atom stereocenters. The molecule has 1 atom stereocenters. The number of hydrogen-bond acceptors (Lipinski definition) is 3. The molecule has 1 N–H and O–H groups in total. The predicted octanol–water partition coefficient (Wildman–Crippen LogP) is 2.82. The van der Waals surface area contributed by atoms with Crippen molar-refractivity contribution in [2.24, 2.45) is 7.05 Å². The van der Waals surface area contributed by atoms with Gasteiger partial charge in [0.2, 0.25) is 0 Å².